The summed E-state index contributed by atoms with van der Waals surface area (Å²) in [6.45, 7) is 0.775. The van der Waals surface area contributed by atoms with E-state index in [0.29, 0.717) is 0 Å². The summed E-state index contributed by atoms with van der Waals surface area (Å²) in [5.41, 5.74) is 2.29. The van der Waals surface area contributed by atoms with Gasteiger partial charge in [-0.05, 0) is 16.8 Å². The van der Waals surface area contributed by atoms with Crippen molar-refractivity contribution in [3.05, 3.63) is 84.6 Å². The Labute approximate surface area is 121 Å². The summed E-state index contributed by atoms with van der Waals surface area (Å²) < 4.78 is 6.44. The molecule has 0 N–H and O–H groups in total. The Morgan fingerprint density at radius 1 is 0.750 bits per heavy atom. The normalized spacial score (nSPS) is 20.6. The molecule has 100 valence electrons. The molecule has 0 aliphatic carbocycles. The second-order valence-electron chi connectivity index (χ2n) is 4.89. The molecular formula is C18H18OSi. The van der Waals surface area contributed by atoms with Crippen molar-refractivity contribution in [2.75, 3.05) is 6.61 Å². The van der Waals surface area contributed by atoms with Gasteiger partial charge in [-0.3, -0.25) is 0 Å². The van der Waals surface area contributed by atoms with E-state index in [1.807, 2.05) is 0 Å². The van der Waals surface area contributed by atoms with Crippen LogP contribution >= 0.6 is 0 Å². The van der Waals surface area contributed by atoms with Gasteiger partial charge in [-0.25, -0.2) is 0 Å². The van der Waals surface area contributed by atoms with E-state index in [1.165, 1.54) is 10.4 Å². The highest BCUT2D eigenvalue weighted by Crippen LogP contribution is 2.12. The first-order valence-corrected chi connectivity index (χ1v) is 9.00. The summed E-state index contributed by atoms with van der Waals surface area (Å²) in [4.78, 5) is 0. The molecule has 0 spiro atoms. The van der Waals surface area contributed by atoms with Crippen molar-refractivity contribution in [1.29, 1.82) is 0 Å². The number of hydrogen-bond donors (Lipinski definition) is 0. The first kappa shape index (κ1) is 13.1. The summed E-state index contributed by atoms with van der Waals surface area (Å²) in [7, 11) is -2.25. The Hall–Kier alpha value is -1.90. The summed E-state index contributed by atoms with van der Waals surface area (Å²) >= 11 is 0. The lowest BCUT2D eigenvalue weighted by Gasteiger charge is -2.30. The van der Waals surface area contributed by atoms with Crippen LogP contribution in [0.5, 0.6) is 0 Å². The second kappa shape index (κ2) is 6.03. The summed E-state index contributed by atoms with van der Waals surface area (Å²) in [6.07, 6.45) is 7.41. The predicted molar refractivity (Wildman–Crippen MR) is 86.8 cm³/mol. The monoisotopic (exact) mass is 278 g/mol. The predicted octanol–water partition coefficient (Wildman–Crippen LogP) is 2.82. The van der Waals surface area contributed by atoms with Crippen molar-refractivity contribution in [2.45, 2.75) is 6.42 Å². The van der Waals surface area contributed by atoms with E-state index in [0.717, 1.165) is 13.0 Å². The molecule has 1 nitrogen and oxygen atoms in total. The molecule has 0 atom stereocenters. The highest BCUT2D eigenvalue weighted by molar-refractivity contribution is 7.01. The van der Waals surface area contributed by atoms with Crippen molar-refractivity contribution >= 4 is 18.7 Å². The van der Waals surface area contributed by atoms with E-state index in [4.69, 9.17) is 4.43 Å². The smallest absolute Gasteiger partial charge is 0.280 e. The van der Waals surface area contributed by atoms with Gasteiger partial charge in [-0.2, -0.15) is 0 Å². The first-order chi connectivity index (χ1) is 9.92. The second-order valence-corrected chi connectivity index (χ2v) is 8.14. The Morgan fingerprint density at radius 3 is 1.95 bits per heavy atom. The van der Waals surface area contributed by atoms with Crippen molar-refractivity contribution in [3.63, 3.8) is 0 Å². The van der Waals surface area contributed by atoms with E-state index in [9.17, 15) is 0 Å². The van der Waals surface area contributed by atoms with Gasteiger partial charge in [-0.15, -0.1) is 0 Å². The maximum Gasteiger partial charge on any atom is 0.280 e. The highest BCUT2D eigenvalue weighted by atomic mass is 28.4. The molecule has 0 fully saturated rings. The first-order valence-electron chi connectivity index (χ1n) is 7.01. The van der Waals surface area contributed by atoms with Gasteiger partial charge in [0.05, 0.1) is 0 Å². The topological polar surface area (TPSA) is 9.23 Å². The standard InChI is InChI=1S/C18H18OSi/c1-2-10-16-20(19-15-9-1,17-11-5-3-6-12-17)18-13-7-4-8-14-18/h1-8,10-14,16H,9,15H2/b2-1-,16-10-. The molecule has 0 radical (unpaired) electrons. The Bertz CT molecular complexity index is 562. The third-order valence-corrected chi connectivity index (χ3v) is 7.30. The van der Waals surface area contributed by atoms with Gasteiger partial charge >= 0.3 is 0 Å². The molecule has 0 amide bonds. The van der Waals surface area contributed by atoms with Crippen LogP contribution in [0.15, 0.2) is 84.6 Å². The van der Waals surface area contributed by atoms with Crippen LogP contribution in [0, 0.1) is 0 Å². The minimum atomic E-state index is -2.25. The average Bonchev–Trinajstić information content (AvgIpc) is 2.49. The van der Waals surface area contributed by atoms with Crippen LogP contribution in [0.2, 0.25) is 0 Å². The zero-order chi connectivity index (χ0) is 13.7. The molecule has 1 aliphatic heterocycles. The van der Waals surface area contributed by atoms with Gasteiger partial charge in [0, 0.05) is 6.61 Å². The lowest BCUT2D eigenvalue weighted by Crippen LogP contribution is -2.60. The summed E-state index contributed by atoms with van der Waals surface area (Å²) in [5.74, 6) is 0. The van der Waals surface area contributed by atoms with Crippen LogP contribution in [0.3, 0.4) is 0 Å². The fourth-order valence-electron chi connectivity index (χ4n) is 2.60. The minimum Gasteiger partial charge on any atom is -0.404 e. The molecule has 3 rings (SSSR count). The molecule has 0 bridgehead atoms. The number of allylic oxidation sites excluding steroid dienone is 2. The van der Waals surface area contributed by atoms with Crippen LogP contribution in [0.1, 0.15) is 6.42 Å². The Morgan fingerprint density at radius 2 is 1.35 bits per heavy atom. The number of rotatable bonds is 2. The number of hydrogen-bond acceptors (Lipinski definition) is 1. The van der Waals surface area contributed by atoms with Gasteiger partial charge in [-0.1, -0.05) is 84.6 Å². The molecule has 1 aliphatic rings. The molecule has 0 saturated carbocycles. The van der Waals surface area contributed by atoms with Crippen LogP contribution in [0.4, 0.5) is 0 Å². The third-order valence-electron chi connectivity index (χ3n) is 3.60. The van der Waals surface area contributed by atoms with E-state index in [1.54, 1.807) is 0 Å². The van der Waals surface area contributed by atoms with Crippen molar-refractivity contribution in [1.82, 2.24) is 0 Å². The largest absolute Gasteiger partial charge is 0.404 e. The molecule has 0 unspecified atom stereocenters. The quantitative estimate of drug-likeness (QED) is 0.768. The molecule has 20 heavy (non-hydrogen) atoms. The number of benzene rings is 2. The van der Waals surface area contributed by atoms with Crippen LogP contribution in [-0.2, 0) is 4.43 Å². The maximum atomic E-state index is 6.44. The average molecular weight is 278 g/mol. The van der Waals surface area contributed by atoms with Gasteiger partial charge in [0.1, 0.15) is 0 Å². The molecule has 2 aromatic rings. The highest BCUT2D eigenvalue weighted by Gasteiger charge is 2.36. The lowest BCUT2D eigenvalue weighted by molar-refractivity contribution is 0.330. The van der Waals surface area contributed by atoms with Crippen LogP contribution in [0.25, 0.3) is 0 Å². The SMILES string of the molecule is C1=C\CCO[Si](c2ccccc2)(c2ccccc2)\C=C/1. The van der Waals surface area contributed by atoms with E-state index in [2.05, 4.69) is 84.6 Å². The van der Waals surface area contributed by atoms with Crippen molar-refractivity contribution < 1.29 is 4.43 Å². The fraction of sp³-hybridized carbons (Fsp3) is 0.111. The molecular weight excluding hydrogens is 260 g/mol. The van der Waals surface area contributed by atoms with Gasteiger partial charge in [0.2, 0.25) is 0 Å². The summed E-state index contributed by atoms with van der Waals surface area (Å²) in [6, 6.07) is 21.3. The maximum absolute atomic E-state index is 6.44. The molecule has 2 aromatic carbocycles. The van der Waals surface area contributed by atoms with Crippen molar-refractivity contribution in [3.8, 4) is 0 Å². The van der Waals surface area contributed by atoms with Crippen molar-refractivity contribution in [2.24, 2.45) is 0 Å². The fourth-order valence-corrected chi connectivity index (χ4v) is 5.94. The lowest BCUT2D eigenvalue weighted by atomic mass is 10.4. The molecule has 1 heterocycles. The van der Waals surface area contributed by atoms with E-state index < -0.39 is 8.32 Å². The molecule has 0 saturated heterocycles. The van der Waals surface area contributed by atoms with Gasteiger partial charge < -0.3 is 4.43 Å². The third kappa shape index (κ3) is 2.53. The molecule has 2 heteroatoms. The zero-order valence-electron chi connectivity index (χ0n) is 11.4. The van der Waals surface area contributed by atoms with E-state index in [-0.39, 0.29) is 0 Å². The van der Waals surface area contributed by atoms with Gasteiger partial charge in [0.25, 0.3) is 8.32 Å². The Kier molecular flexibility index (Phi) is 3.95. The minimum absolute atomic E-state index is 0.775. The van der Waals surface area contributed by atoms with Gasteiger partial charge in [0.15, 0.2) is 0 Å². The summed E-state index contributed by atoms with van der Waals surface area (Å²) in [5, 5.41) is 2.61. The zero-order valence-corrected chi connectivity index (χ0v) is 12.4. The Balaban J connectivity index is 2.16. The molecule has 0 aromatic heterocycles. The van der Waals surface area contributed by atoms with Crippen LogP contribution < -0.4 is 10.4 Å². The van der Waals surface area contributed by atoms with E-state index >= 15 is 0 Å². The van der Waals surface area contributed by atoms with Crippen LogP contribution in [-0.4, -0.2) is 14.9 Å².